The van der Waals surface area contributed by atoms with Crippen molar-refractivity contribution in [2.24, 2.45) is 0 Å². The van der Waals surface area contributed by atoms with Crippen LogP contribution in [0.2, 0.25) is 0 Å². The Morgan fingerprint density at radius 3 is 2.78 bits per heavy atom. The Bertz CT molecular complexity index is 367. The molecule has 18 heavy (non-hydrogen) atoms. The largest absolute Gasteiger partial charge is 0.390 e. The van der Waals surface area contributed by atoms with E-state index in [1.807, 2.05) is 12.1 Å². The van der Waals surface area contributed by atoms with E-state index in [0.717, 1.165) is 25.3 Å². The maximum atomic E-state index is 10.0. The van der Waals surface area contributed by atoms with Crippen molar-refractivity contribution in [2.75, 3.05) is 37.8 Å². The molecule has 2 N–H and O–H groups in total. The van der Waals surface area contributed by atoms with Gasteiger partial charge >= 0.3 is 0 Å². The number of benzene rings is 1. The number of likely N-dealkylation sites (tertiary alicyclic amines) is 1. The predicted molar refractivity (Wildman–Crippen MR) is 78.4 cm³/mol. The minimum Gasteiger partial charge on any atom is -0.390 e. The summed E-state index contributed by atoms with van der Waals surface area (Å²) in [4.78, 5) is 3.57. The Labute approximate surface area is 114 Å². The number of aliphatic hydroxyl groups excluding tert-OH is 1. The maximum Gasteiger partial charge on any atom is 0.0839 e. The van der Waals surface area contributed by atoms with Gasteiger partial charge in [0.2, 0.25) is 0 Å². The first-order valence-corrected chi connectivity index (χ1v) is 7.79. The van der Waals surface area contributed by atoms with Gasteiger partial charge in [0.25, 0.3) is 0 Å². The Morgan fingerprint density at radius 1 is 1.33 bits per heavy atom. The van der Waals surface area contributed by atoms with Gasteiger partial charge in [-0.3, -0.25) is 0 Å². The number of thioether (sulfide) groups is 1. The molecule has 1 unspecified atom stereocenters. The van der Waals surface area contributed by atoms with E-state index in [1.54, 1.807) is 11.8 Å². The molecule has 100 valence electrons. The van der Waals surface area contributed by atoms with Crippen molar-refractivity contribution in [1.29, 1.82) is 0 Å². The van der Waals surface area contributed by atoms with E-state index in [2.05, 4.69) is 28.6 Å². The van der Waals surface area contributed by atoms with Gasteiger partial charge in [-0.25, -0.2) is 0 Å². The predicted octanol–water partition coefficient (Wildman–Crippen LogP) is 2.28. The molecule has 1 saturated heterocycles. The first-order chi connectivity index (χ1) is 8.79. The zero-order valence-electron chi connectivity index (χ0n) is 10.9. The molecular formula is C14H22N2OS. The van der Waals surface area contributed by atoms with Gasteiger partial charge < -0.3 is 15.3 Å². The average Bonchev–Trinajstić information content (AvgIpc) is 2.89. The lowest BCUT2D eigenvalue weighted by Crippen LogP contribution is -2.34. The first-order valence-electron chi connectivity index (χ1n) is 6.57. The number of para-hydroxylation sites is 1. The van der Waals surface area contributed by atoms with Crippen LogP contribution in [0.25, 0.3) is 0 Å². The summed E-state index contributed by atoms with van der Waals surface area (Å²) < 4.78 is 0. The van der Waals surface area contributed by atoms with Crippen LogP contribution in [-0.2, 0) is 0 Å². The van der Waals surface area contributed by atoms with Crippen molar-refractivity contribution in [3.8, 4) is 0 Å². The van der Waals surface area contributed by atoms with Crippen molar-refractivity contribution in [2.45, 2.75) is 23.8 Å². The van der Waals surface area contributed by atoms with Gasteiger partial charge in [0.05, 0.1) is 6.10 Å². The van der Waals surface area contributed by atoms with Crippen LogP contribution < -0.4 is 5.32 Å². The van der Waals surface area contributed by atoms with Crippen LogP contribution in [-0.4, -0.2) is 48.5 Å². The summed E-state index contributed by atoms with van der Waals surface area (Å²) in [6.07, 6.45) is 4.32. The molecule has 0 amide bonds. The Kier molecular flexibility index (Phi) is 5.35. The maximum absolute atomic E-state index is 10.0. The molecule has 1 aromatic rings. The zero-order chi connectivity index (χ0) is 12.8. The summed E-state index contributed by atoms with van der Waals surface area (Å²) in [5, 5.41) is 13.4. The van der Waals surface area contributed by atoms with Crippen LogP contribution in [0, 0.1) is 0 Å². The second kappa shape index (κ2) is 7.02. The molecule has 0 radical (unpaired) electrons. The lowest BCUT2D eigenvalue weighted by molar-refractivity contribution is 0.135. The SMILES string of the molecule is CSc1ccccc1NCC(O)CN1CCCC1. The summed E-state index contributed by atoms with van der Waals surface area (Å²) in [5.74, 6) is 0. The molecule has 4 heteroatoms. The zero-order valence-corrected chi connectivity index (χ0v) is 11.7. The van der Waals surface area contributed by atoms with Crippen LogP contribution >= 0.6 is 11.8 Å². The van der Waals surface area contributed by atoms with Crippen molar-refractivity contribution in [3.05, 3.63) is 24.3 Å². The van der Waals surface area contributed by atoms with E-state index in [-0.39, 0.29) is 6.10 Å². The van der Waals surface area contributed by atoms with E-state index >= 15 is 0 Å². The Morgan fingerprint density at radius 2 is 2.06 bits per heavy atom. The molecule has 0 saturated carbocycles. The van der Waals surface area contributed by atoms with E-state index in [9.17, 15) is 5.11 Å². The third-order valence-electron chi connectivity index (χ3n) is 3.30. The molecule has 0 aliphatic carbocycles. The summed E-state index contributed by atoms with van der Waals surface area (Å²) in [6.45, 7) is 3.68. The molecule has 1 aliphatic rings. The van der Waals surface area contributed by atoms with Gasteiger partial charge in [-0.2, -0.15) is 0 Å². The third kappa shape index (κ3) is 3.90. The van der Waals surface area contributed by atoms with Gasteiger partial charge in [0, 0.05) is 23.7 Å². The fraction of sp³-hybridized carbons (Fsp3) is 0.571. The van der Waals surface area contributed by atoms with Crippen molar-refractivity contribution < 1.29 is 5.11 Å². The van der Waals surface area contributed by atoms with E-state index in [1.165, 1.54) is 17.7 Å². The van der Waals surface area contributed by atoms with Gasteiger partial charge in [0.1, 0.15) is 0 Å². The molecular weight excluding hydrogens is 244 g/mol. The minimum absolute atomic E-state index is 0.294. The number of anilines is 1. The number of rotatable bonds is 6. The highest BCUT2D eigenvalue weighted by Crippen LogP contribution is 2.24. The molecule has 3 nitrogen and oxygen atoms in total. The second-order valence-electron chi connectivity index (χ2n) is 4.74. The highest BCUT2D eigenvalue weighted by atomic mass is 32.2. The van der Waals surface area contributed by atoms with E-state index in [4.69, 9.17) is 0 Å². The normalized spacial score (nSPS) is 17.9. The number of β-amino-alcohol motifs (C(OH)–C–C–N with tert-alkyl or cyclic N) is 1. The van der Waals surface area contributed by atoms with E-state index in [0.29, 0.717) is 6.54 Å². The van der Waals surface area contributed by atoms with Crippen LogP contribution in [0.15, 0.2) is 29.2 Å². The quantitative estimate of drug-likeness (QED) is 0.774. The Balaban J connectivity index is 1.79. The molecule has 1 fully saturated rings. The molecule has 1 aliphatic heterocycles. The molecule has 0 aromatic heterocycles. The highest BCUT2D eigenvalue weighted by Gasteiger charge is 2.15. The van der Waals surface area contributed by atoms with Crippen LogP contribution in [0.1, 0.15) is 12.8 Å². The monoisotopic (exact) mass is 266 g/mol. The lowest BCUT2D eigenvalue weighted by Gasteiger charge is -2.20. The van der Waals surface area contributed by atoms with Gasteiger partial charge in [-0.05, 0) is 44.3 Å². The standard InChI is InChI=1S/C14H22N2OS/c1-18-14-7-3-2-6-13(14)15-10-12(17)11-16-8-4-5-9-16/h2-3,6-7,12,15,17H,4-5,8-11H2,1H3. The molecule has 0 bridgehead atoms. The van der Waals surface area contributed by atoms with Gasteiger partial charge in [-0.15, -0.1) is 11.8 Å². The van der Waals surface area contributed by atoms with Gasteiger partial charge in [-0.1, -0.05) is 12.1 Å². The van der Waals surface area contributed by atoms with E-state index < -0.39 is 0 Å². The van der Waals surface area contributed by atoms with Crippen molar-refractivity contribution in [3.63, 3.8) is 0 Å². The van der Waals surface area contributed by atoms with Crippen molar-refractivity contribution in [1.82, 2.24) is 4.90 Å². The number of hydrogen-bond acceptors (Lipinski definition) is 4. The smallest absolute Gasteiger partial charge is 0.0839 e. The lowest BCUT2D eigenvalue weighted by atomic mass is 10.3. The Hall–Kier alpha value is -0.710. The number of hydrogen-bond donors (Lipinski definition) is 2. The summed E-state index contributed by atoms with van der Waals surface area (Å²) in [7, 11) is 0. The minimum atomic E-state index is -0.294. The summed E-state index contributed by atoms with van der Waals surface area (Å²) >= 11 is 1.73. The second-order valence-corrected chi connectivity index (χ2v) is 5.59. The fourth-order valence-corrected chi connectivity index (χ4v) is 2.92. The summed E-state index contributed by atoms with van der Waals surface area (Å²) in [6, 6.07) is 8.22. The number of aliphatic hydroxyl groups is 1. The number of nitrogens with one attached hydrogen (secondary N) is 1. The molecule has 1 heterocycles. The topological polar surface area (TPSA) is 35.5 Å². The van der Waals surface area contributed by atoms with Crippen LogP contribution in [0.3, 0.4) is 0 Å². The third-order valence-corrected chi connectivity index (χ3v) is 4.10. The highest BCUT2D eigenvalue weighted by molar-refractivity contribution is 7.98. The van der Waals surface area contributed by atoms with Gasteiger partial charge in [0.15, 0.2) is 0 Å². The molecule has 2 rings (SSSR count). The van der Waals surface area contributed by atoms with Crippen molar-refractivity contribution >= 4 is 17.4 Å². The van der Waals surface area contributed by atoms with Crippen LogP contribution in [0.4, 0.5) is 5.69 Å². The molecule has 1 aromatic carbocycles. The number of nitrogens with zero attached hydrogens (tertiary/aromatic N) is 1. The fourth-order valence-electron chi connectivity index (χ4n) is 2.35. The molecule has 1 atom stereocenters. The van der Waals surface area contributed by atoms with Crippen LogP contribution in [0.5, 0.6) is 0 Å². The first kappa shape index (κ1) is 13.7. The molecule has 0 spiro atoms. The average molecular weight is 266 g/mol. The summed E-state index contributed by atoms with van der Waals surface area (Å²) in [5.41, 5.74) is 1.12.